The highest BCUT2D eigenvalue weighted by molar-refractivity contribution is 5.19. The van der Waals surface area contributed by atoms with Crippen molar-refractivity contribution in [1.82, 2.24) is 0 Å². The van der Waals surface area contributed by atoms with Crippen molar-refractivity contribution in [3.63, 3.8) is 0 Å². The summed E-state index contributed by atoms with van der Waals surface area (Å²) in [6.07, 6.45) is 3.60. The van der Waals surface area contributed by atoms with Crippen LogP contribution in [0.1, 0.15) is 38.2 Å². The number of aliphatic hydroxyl groups is 1. The first kappa shape index (κ1) is 13.5. The molecule has 1 N–H and O–H groups in total. The Hall–Kier alpha value is -0.930. The molecule has 0 heterocycles. The van der Waals surface area contributed by atoms with Crippen LogP contribution in [-0.4, -0.2) is 23.4 Å². The van der Waals surface area contributed by atoms with Crippen LogP contribution in [-0.2, 0) is 11.2 Å². The van der Waals surface area contributed by atoms with Gasteiger partial charge in [-0.3, -0.25) is 0 Å². The first-order valence-corrected chi connectivity index (χ1v) is 6.73. The van der Waals surface area contributed by atoms with Gasteiger partial charge >= 0.3 is 0 Å². The van der Waals surface area contributed by atoms with Gasteiger partial charge in [-0.2, -0.15) is 0 Å². The molecule has 0 aliphatic heterocycles. The van der Waals surface area contributed by atoms with Crippen LogP contribution in [0.5, 0.6) is 0 Å². The molecule has 0 saturated heterocycles. The Balaban J connectivity index is 2.10. The maximum Gasteiger partial charge on any atom is 0.126 e. The third kappa shape index (κ3) is 2.73. The summed E-state index contributed by atoms with van der Waals surface area (Å²) in [4.78, 5) is 0. The van der Waals surface area contributed by atoms with E-state index in [1.54, 1.807) is 18.2 Å². The molecule has 0 aromatic heterocycles. The van der Waals surface area contributed by atoms with Crippen LogP contribution < -0.4 is 0 Å². The van der Waals surface area contributed by atoms with Crippen molar-refractivity contribution >= 4 is 0 Å². The second-order valence-corrected chi connectivity index (χ2v) is 5.02. The highest BCUT2D eigenvalue weighted by Gasteiger charge is 2.41. The molecule has 1 aliphatic rings. The number of hydrogen-bond donors (Lipinski definition) is 1. The second-order valence-electron chi connectivity index (χ2n) is 5.02. The molecule has 2 nitrogen and oxygen atoms in total. The highest BCUT2D eigenvalue weighted by atomic mass is 19.1. The summed E-state index contributed by atoms with van der Waals surface area (Å²) in [5, 5.41) is 10.4. The lowest BCUT2D eigenvalue weighted by molar-refractivity contribution is -0.115. The molecule has 1 unspecified atom stereocenters. The molecular weight excluding hydrogens is 231 g/mol. The summed E-state index contributed by atoms with van der Waals surface area (Å²) in [5.41, 5.74) is 0.104. The van der Waals surface area contributed by atoms with Crippen molar-refractivity contribution in [2.24, 2.45) is 0 Å². The van der Waals surface area contributed by atoms with Crippen molar-refractivity contribution in [1.29, 1.82) is 0 Å². The Morgan fingerprint density at radius 2 is 2.00 bits per heavy atom. The molecule has 3 heteroatoms. The van der Waals surface area contributed by atoms with Gasteiger partial charge in [0.25, 0.3) is 0 Å². The van der Waals surface area contributed by atoms with Crippen molar-refractivity contribution < 1.29 is 14.2 Å². The standard InChI is InChI=1S/C15H21FO2/c1-2-18-15(9-5-6-10-15)14(17)11-12-7-3-4-8-13(12)16/h3-4,7-8,14,17H,2,5-6,9-11H2,1H3. The lowest BCUT2D eigenvalue weighted by Gasteiger charge is -2.34. The molecule has 1 aromatic rings. The van der Waals surface area contributed by atoms with Gasteiger partial charge < -0.3 is 9.84 Å². The second kappa shape index (κ2) is 5.81. The summed E-state index contributed by atoms with van der Waals surface area (Å²) in [5.74, 6) is -0.249. The smallest absolute Gasteiger partial charge is 0.126 e. The molecule has 1 aliphatic carbocycles. The van der Waals surface area contributed by atoms with E-state index in [4.69, 9.17) is 4.74 Å². The lowest BCUT2D eigenvalue weighted by Crippen LogP contribution is -2.44. The molecule has 1 aromatic carbocycles. The normalized spacial score (nSPS) is 19.9. The van der Waals surface area contributed by atoms with Crippen molar-refractivity contribution in [3.8, 4) is 0 Å². The van der Waals surface area contributed by atoms with Gasteiger partial charge in [-0.1, -0.05) is 31.0 Å². The molecule has 1 saturated carbocycles. The van der Waals surface area contributed by atoms with Gasteiger partial charge in [-0.15, -0.1) is 0 Å². The maximum atomic E-state index is 13.6. The van der Waals surface area contributed by atoms with Crippen molar-refractivity contribution in [3.05, 3.63) is 35.6 Å². The van der Waals surface area contributed by atoms with Crippen LogP contribution >= 0.6 is 0 Å². The van der Waals surface area contributed by atoms with E-state index in [0.29, 0.717) is 18.6 Å². The number of aliphatic hydroxyl groups excluding tert-OH is 1. The Labute approximate surface area is 108 Å². The van der Waals surface area contributed by atoms with Gasteiger partial charge in [0.05, 0.1) is 11.7 Å². The molecule has 2 rings (SSSR count). The molecule has 0 spiro atoms. The zero-order valence-electron chi connectivity index (χ0n) is 10.9. The molecule has 100 valence electrons. The number of benzene rings is 1. The minimum Gasteiger partial charge on any atom is -0.390 e. The molecule has 18 heavy (non-hydrogen) atoms. The first-order valence-electron chi connectivity index (χ1n) is 6.73. The third-order valence-electron chi connectivity index (χ3n) is 3.86. The third-order valence-corrected chi connectivity index (χ3v) is 3.86. The molecule has 1 atom stereocenters. The topological polar surface area (TPSA) is 29.5 Å². The Morgan fingerprint density at radius 3 is 2.61 bits per heavy atom. The van der Waals surface area contributed by atoms with E-state index in [-0.39, 0.29) is 5.82 Å². The average molecular weight is 252 g/mol. The fourth-order valence-corrected chi connectivity index (χ4v) is 2.89. The monoisotopic (exact) mass is 252 g/mol. The van der Waals surface area contributed by atoms with E-state index in [0.717, 1.165) is 25.7 Å². The van der Waals surface area contributed by atoms with Crippen LogP contribution in [0.15, 0.2) is 24.3 Å². The number of rotatable bonds is 5. The van der Waals surface area contributed by atoms with Crippen molar-refractivity contribution in [2.45, 2.75) is 50.7 Å². The fraction of sp³-hybridized carbons (Fsp3) is 0.600. The van der Waals surface area contributed by atoms with Gasteiger partial charge in [0.2, 0.25) is 0 Å². The van der Waals surface area contributed by atoms with Crippen LogP contribution in [0, 0.1) is 5.82 Å². The lowest BCUT2D eigenvalue weighted by atomic mass is 9.89. The number of ether oxygens (including phenoxy) is 1. The molecule has 1 fully saturated rings. The van der Waals surface area contributed by atoms with Gasteiger partial charge in [0.1, 0.15) is 5.82 Å². The minimum absolute atomic E-state index is 0.249. The minimum atomic E-state index is -0.628. The van der Waals surface area contributed by atoms with Gasteiger partial charge in [0, 0.05) is 13.0 Å². The van der Waals surface area contributed by atoms with Gasteiger partial charge in [-0.25, -0.2) is 4.39 Å². The van der Waals surface area contributed by atoms with Crippen LogP contribution in [0.4, 0.5) is 4.39 Å². The number of hydrogen-bond acceptors (Lipinski definition) is 2. The highest BCUT2D eigenvalue weighted by Crippen LogP contribution is 2.37. The summed E-state index contributed by atoms with van der Waals surface area (Å²) < 4.78 is 19.4. The predicted octanol–water partition coefficient (Wildman–Crippen LogP) is 3.08. The summed E-state index contributed by atoms with van der Waals surface area (Å²) in [6, 6.07) is 6.63. The zero-order chi connectivity index (χ0) is 13.0. The average Bonchev–Trinajstić information content (AvgIpc) is 2.82. The summed E-state index contributed by atoms with van der Waals surface area (Å²) in [7, 11) is 0. The maximum absolute atomic E-state index is 13.6. The van der Waals surface area contributed by atoms with Crippen LogP contribution in [0.3, 0.4) is 0 Å². The summed E-state index contributed by atoms with van der Waals surface area (Å²) >= 11 is 0. The van der Waals surface area contributed by atoms with Gasteiger partial charge in [-0.05, 0) is 31.4 Å². The Morgan fingerprint density at radius 1 is 1.33 bits per heavy atom. The van der Waals surface area contributed by atoms with Gasteiger partial charge in [0.15, 0.2) is 0 Å². The van der Waals surface area contributed by atoms with E-state index >= 15 is 0 Å². The largest absolute Gasteiger partial charge is 0.390 e. The zero-order valence-corrected chi connectivity index (χ0v) is 10.9. The van der Waals surface area contributed by atoms with E-state index < -0.39 is 11.7 Å². The van der Waals surface area contributed by atoms with E-state index in [1.165, 1.54) is 6.07 Å². The SMILES string of the molecule is CCOC1(C(O)Cc2ccccc2F)CCCC1. The van der Waals surface area contributed by atoms with E-state index in [1.807, 2.05) is 6.92 Å². The quantitative estimate of drug-likeness (QED) is 0.872. The molecule has 0 bridgehead atoms. The van der Waals surface area contributed by atoms with E-state index in [9.17, 15) is 9.50 Å². The fourth-order valence-electron chi connectivity index (χ4n) is 2.89. The van der Waals surface area contributed by atoms with Crippen molar-refractivity contribution in [2.75, 3.05) is 6.61 Å². The molecule has 0 amide bonds. The van der Waals surface area contributed by atoms with Crippen LogP contribution in [0.2, 0.25) is 0 Å². The Bertz CT molecular complexity index is 386. The number of halogens is 1. The summed E-state index contributed by atoms with van der Waals surface area (Å²) in [6.45, 7) is 2.53. The van der Waals surface area contributed by atoms with Crippen LogP contribution in [0.25, 0.3) is 0 Å². The first-order chi connectivity index (χ1) is 8.68. The Kier molecular flexibility index (Phi) is 4.36. The predicted molar refractivity (Wildman–Crippen MR) is 68.9 cm³/mol. The molecular formula is C15H21FO2. The van der Waals surface area contributed by atoms with E-state index in [2.05, 4.69) is 0 Å². The molecule has 0 radical (unpaired) electrons.